The molecule has 1 aliphatic rings. The van der Waals surface area contributed by atoms with E-state index in [4.69, 9.17) is 20.6 Å². The molecular formula is C12H16N2O2S. The lowest BCUT2D eigenvalue weighted by Crippen LogP contribution is -2.39. The molecule has 0 bridgehead atoms. The molecule has 1 aromatic carbocycles. The Bertz CT molecular complexity index is 419. The fraction of sp³-hybridized carbons (Fsp3) is 0.417. The van der Waals surface area contributed by atoms with E-state index in [1.165, 1.54) is 0 Å². The summed E-state index contributed by atoms with van der Waals surface area (Å²) in [4.78, 5) is 0.998. The number of nitrogen functional groups attached to an aromatic ring is 1. The molecule has 0 atom stereocenters. The summed E-state index contributed by atoms with van der Waals surface area (Å²) in [6.07, 6.45) is 0.0926. The van der Waals surface area contributed by atoms with E-state index >= 15 is 0 Å². The van der Waals surface area contributed by atoms with E-state index in [9.17, 15) is 0 Å². The Labute approximate surface area is 105 Å². The Balaban J connectivity index is 2.28. The second-order valence-corrected chi connectivity index (χ2v) is 5.06. The van der Waals surface area contributed by atoms with Crippen molar-refractivity contribution in [3.05, 3.63) is 23.8 Å². The molecule has 1 heterocycles. The zero-order valence-electron chi connectivity index (χ0n) is 9.73. The summed E-state index contributed by atoms with van der Waals surface area (Å²) in [5.74, 6) is 1.68. The van der Waals surface area contributed by atoms with Crippen LogP contribution in [0, 0.1) is 5.41 Å². The van der Waals surface area contributed by atoms with E-state index in [0.29, 0.717) is 24.5 Å². The van der Waals surface area contributed by atoms with Gasteiger partial charge in [-0.3, -0.25) is 5.41 Å². The predicted molar refractivity (Wildman–Crippen MR) is 69.1 cm³/mol. The zero-order chi connectivity index (χ0) is 12.3. The van der Waals surface area contributed by atoms with E-state index < -0.39 is 0 Å². The summed E-state index contributed by atoms with van der Waals surface area (Å²) in [5.41, 5.74) is 6.34. The first kappa shape index (κ1) is 12.3. The Morgan fingerprint density at radius 3 is 2.88 bits per heavy atom. The van der Waals surface area contributed by atoms with Gasteiger partial charge in [-0.05, 0) is 17.9 Å². The smallest absolute Gasteiger partial charge is 0.145 e. The molecule has 3 N–H and O–H groups in total. The summed E-state index contributed by atoms with van der Waals surface area (Å²) in [6.45, 7) is 3.30. The summed E-state index contributed by atoms with van der Waals surface area (Å²) in [5, 5.41) is 7.67. The maximum atomic E-state index is 7.67. The van der Waals surface area contributed by atoms with Crippen molar-refractivity contribution in [1.29, 1.82) is 5.41 Å². The molecule has 1 saturated heterocycles. The molecule has 1 aliphatic heterocycles. The monoisotopic (exact) mass is 252 g/mol. The highest BCUT2D eigenvalue weighted by molar-refractivity contribution is 7.99. The quantitative estimate of drug-likeness (QED) is 0.477. The first-order valence-electron chi connectivity index (χ1n) is 5.57. The molecule has 1 aromatic rings. The fourth-order valence-corrected chi connectivity index (χ4v) is 2.45. The van der Waals surface area contributed by atoms with Crippen LogP contribution in [0.1, 0.15) is 12.5 Å². The third-order valence-corrected chi connectivity index (χ3v) is 3.40. The molecule has 2 rings (SSSR count). The largest absolute Gasteiger partial charge is 0.485 e. The minimum atomic E-state index is 0.0526. The lowest BCUT2D eigenvalue weighted by atomic mass is 10.1. The van der Waals surface area contributed by atoms with Gasteiger partial charge in [0.05, 0.1) is 18.8 Å². The number of amidine groups is 1. The highest BCUT2D eigenvalue weighted by Gasteiger charge is 2.22. The van der Waals surface area contributed by atoms with Crippen molar-refractivity contribution in [1.82, 2.24) is 0 Å². The Morgan fingerprint density at radius 1 is 1.59 bits per heavy atom. The van der Waals surface area contributed by atoms with Crippen LogP contribution in [0.5, 0.6) is 5.75 Å². The summed E-state index contributed by atoms with van der Waals surface area (Å²) in [6, 6.07) is 5.75. The Kier molecular flexibility index (Phi) is 3.91. The first-order chi connectivity index (χ1) is 8.22. The van der Waals surface area contributed by atoms with Crippen LogP contribution < -0.4 is 10.5 Å². The van der Waals surface area contributed by atoms with Crippen molar-refractivity contribution in [2.45, 2.75) is 17.9 Å². The maximum absolute atomic E-state index is 7.67. The molecule has 0 amide bonds. The number of benzene rings is 1. The molecule has 0 radical (unpaired) electrons. The minimum absolute atomic E-state index is 0.0526. The standard InChI is InChI=1S/C12H16N2O2S/c1-2-17-10-5-3-4-9(11(10)12(13)14)16-8-6-15-7-8/h3-5,8H,2,6-7H2,1H3,(H3,13,14). The van der Waals surface area contributed by atoms with Crippen LogP contribution in [0.2, 0.25) is 0 Å². The van der Waals surface area contributed by atoms with E-state index in [1.807, 2.05) is 18.2 Å². The van der Waals surface area contributed by atoms with Gasteiger partial charge in [0, 0.05) is 4.90 Å². The topological polar surface area (TPSA) is 68.3 Å². The van der Waals surface area contributed by atoms with Gasteiger partial charge in [-0.2, -0.15) is 0 Å². The molecule has 17 heavy (non-hydrogen) atoms. The lowest BCUT2D eigenvalue weighted by molar-refractivity contribution is -0.0798. The van der Waals surface area contributed by atoms with Crippen molar-refractivity contribution in [2.24, 2.45) is 5.73 Å². The van der Waals surface area contributed by atoms with Crippen LogP contribution in [-0.2, 0) is 4.74 Å². The van der Waals surface area contributed by atoms with Crippen LogP contribution in [0.3, 0.4) is 0 Å². The molecule has 0 aromatic heterocycles. The number of hydrogen-bond donors (Lipinski definition) is 2. The number of nitrogens with two attached hydrogens (primary N) is 1. The summed E-state index contributed by atoms with van der Waals surface area (Å²) in [7, 11) is 0. The van der Waals surface area contributed by atoms with E-state index in [2.05, 4.69) is 6.92 Å². The molecule has 5 heteroatoms. The molecule has 0 spiro atoms. The van der Waals surface area contributed by atoms with Gasteiger partial charge in [0.2, 0.25) is 0 Å². The molecule has 4 nitrogen and oxygen atoms in total. The average molecular weight is 252 g/mol. The third-order valence-electron chi connectivity index (χ3n) is 2.46. The van der Waals surface area contributed by atoms with Gasteiger partial charge in [-0.25, -0.2) is 0 Å². The highest BCUT2D eigenvalue weighted by Crippen LogP contribution is 2.30. The minimum Gasteiger partial charge on any atom is -0.485 e. The number of nitrogens with one attached hydrogen (secondary N) is 1. The second kappa shape index (κ2) is 5.42. The van der Waals surface area contributed by atoms with Crippen molar-refractivity contribution in [3.63, 3.8) is 0 Å². The number of thioether (sulfide) groups is 1. The Morgan fingerprint density at radius 2 is 2.35 bits per heavy atom. The first-order valence-corrected chi connectivity index (χ1v) is 6.55. The zero-order valence-corrected chi connectivity index (χ0v) is 10.5. The van der Waals surface area contributed by atoms with Crippen LogP contribution in [0.15, 0.2) is 23.1 Å². The normalized spacial score (nSPS) is 15.4. The SMILES string of the molecule is CCSc1cccc(OC2COC2)c1C(=N)N. The molecule has 0 unspecified atom stereocenters. The van der Waals surface area contributed by atoms with Gasteiger partial charge in [0.1, 0.15) is 17.7 Å². The van der Waals surface area contributed by atoms with Gasteiger partial charge >= 0.3 is 0 Å². The fourth-order valence-electron chi connectivity index (χ4n) is 1.61. The summed E-state index contributed by atoms with van der Waals surface area (Å²) >= 11 is 1.67. The van der Waals surface area contributed by atoms with E-state index in [0.717, 1.165) is 10.6 Å². The molecule has 92 valence electrons. The van der Waals surface area contributed by atoms with Gasteiger partial charge in [-0.15, -0.1) is 11.8 Å². The van der Waals surface area contributed by atoms with Crippen molar-refractivity contribution in [2.75, 3.05) is 19.0 Å². The average Bonchev–Trinajstić information content (AvgIpc) is 2.23. The van der Waals surface area contributed by atoms with Gasteiger partial charge < -0.3 is 15.2 Å². The van der Waals surface area contributed by atoms with Crippen LogP contribution >= 0.6 is 11.8 Å². The van der Waals surface area contributed by atoms with Gasteiger partial charge in [0.25, 0.3) is 0 Å². The molecule has 0 aliphatic carbocycles. The number of rotatable bonds is 5. The number of ether oxygens (including phenoxy) is 2. The number of hydrogen-bond acceptors (Lipinski definition) is 4. The van der Waals surface area contributed by atoms with Gasteiger partial charge in [-0.1, -0.05) is 13.0 Å². The van der Waals surface area contributed by atoms with Crippen molar-refractivity contribution < 1.29 is 9.47 Å². The van der Waals surface area contributed by atoms with E-state index in [1.54, 1.807) is 11.8 Å². The van der Waals surface area contributed by atoms with Gasteiger partial charge in [0.15, 0.2) is 0 Å². The van der Waals surface area contributed by atoms with Crippen molar-refractivity contribution >= 4 is 17.6 Å². The maximum Gasteiger partial charge on any atom is 0.145 e. The van der Waals surface area contributed by atoms with Crippen LogP contribution in [-0.4, -0.2) is 30.9 Å². The predicted octanol–water partition coefficient (Wildman–Crippen LogP) is 1.86. The third kappa shape index (κ3) is 2.73. The van der Waals surface area contributed by atoms with E-state index in [-0.39, 0.29) is 11.9 Å². The lowest BCUT2D eigenvalue weighted by Gasteiger charge is -2.28. The molecule has 0 saturated carbocycles. The highest BCUT2D eigenvalue weighted by atomic mass is 32.2. The Hall–Kier alpha value is -1.20. The second-order valence-electron chi connectivity index (χ2n) is 3.75. The van der Waals surface area contributed by atoms with Crippen LogP contribution in [0.25, 0.3) is 0 Å². The molecule has 1 fully saturated rings. The summed E-state index contributed by atoms with van der Waals surface area (Å²) < 4.78 is 10.8. The van der Waals surface area contributed by atoms with Crippen molar-refractivity contribution in [3.8, 4) is 5.75 Å². The van der Waals surface area contributed by atoms with Crippen LogP contribution in [0.4, 0.5) is 0 Å². The molecular weight excluding hydrogens is 236 g/mol.